The quantitative estimate of drug-likeness (QED) is 0.740. The monoisotopic (exact) mass is 356 g/mol. The highest BCUT2D eigenvalue weighted by atomic mass is 35.5. The van der Waals surface area contributed by atoms with Gasteiger partial charge in [-0.25, -0.2) is 0 Å². The molecule has 0 amide bonds. The van der Waals surface area contributed by atoms with E-state index in [0.717, 1.165) is 24.1 Å². The Labute approximate surface area is 155 Å². The third-order valence-corrected chi connectivity index (χ3v) is 5.13. The molecule has 0 fully saturated rings. The second-order valence-corrected chi connectivity index (χ2v) is 6.90. The van der Waals surface area contributed by atoms with Crippen LogP contribution >= 0.6 is 12.4 Å². The normalized spacial score (nSPS) is 16.5. The number of nitrogens with zero attached hydrogens (tertiary/aromatic N) is 1. The van der Waals surface area contributed by atoms with Gasteiger partial charge in [-0.3, -0.25) is 0 Å². The zero-order valence-electron chi connectivity index (χ0n) is 14.8. The van der Waals surface area contributed by atoms with E-state index in [1.54, 1.807) is 0 Å². The molecule has 132 valence electrons. The number of halogens is 1. The number of ether oxygens (including phenoxy) is 1. The van der Waals surface area contributed by atoms with E-state index in [9.17, 15) is 0 Å². The van der Waals surface area contributed by atoms with Gasteiger partial charge in [0, 0.05) is 17.1 Å². The molecule has 3 aromatic rings. The highest BCUT2D eigenvalue weighted by Gasteiger charge is 2.24. The molecule has 4 rings (SSSR count). The first-order chi connectivity index (χ1) is 11.7. The van der Waals surface area contributed by atoms with Crippen molar-refractivity contribution >= 4 is 23.3 Å². The van der Waals surface area contributed by atoms with Crippen molar-refractivity contribution in [2.75, 3.05) is 14.1 Å². The Morgan fingerprint density at radius 1 is 1.08 bits per heavy atom. The molecule has 1 aromatic heterocycles. The summed E-state index contributed by atoms with van der Waals surface area (Å²) < 4.78 is 6.12. The molecule has 1 unspecified atom stereocenters. The number of aryl methyl sites for hydroxylation is 1. The van der Waals surface area contributed by atoms with Gasteiger partial charge >= 0.3 is 0 Å². The third-order valence-electron chi connectivity index (χ3n) is 5.13. The van der Waals surface area contributed by atoms with Crippen molar-refractivity contribution in [2.45, 2.75) is 31.9 Å². The minimum atomic E-state index is 0. The van der Waals surface area contributed by atoms with E-state index < -0.39 is 0 Å². The summed E-state index contributed by atoms with van der Waals surface area (Å²) in [5.41, 5.74) is 5.20. The standard InChI is InChI=1S/C21H24N2O.ClH/c1-23(2)16-11-12-19-18(13-16)17-9-6-10-20(21(17)22-19)24-14-15-7-4-3-5-8-15;/h3-10,16,22H,11-14H2,1-2H3;1H. The lowest BCUT2D eigenvalue weighted by Crippen LogP contribution is -2.33. The minimum Gasteiger partial charge on any atom is -0.487 e. The Hall–Kier alpha value is -1.97. The van der Waals surface area contributed by atoms with Crippen LogP contribution in [0, 0.1) is 0 Å². The SMILES string of the molecule is CN(C)C1CCc2[nH]c3c(OCc4ccccc4)cccc3c2C1.Cl. The molecule has 0 radical (unpaired) electrons. The van der Waals surface area contributed by atoms with Crippen LogP contribution in [0.2, 0.25) is 0 Å². The second kappa shape index (κ2) is 7.51. The van der Waals surface area contributed by atoms with Gasteiger partial charge in [-0.1, -0.05) is 42.5 Å². The van der Waals surface area contributed by atoms with Crippen LogP contribution in [0.5, 0.6) is 5.75 Å². The topological polar surface area (TPSA) is 28.3 Å². The molecule has 25 heavy (non-hydrogen) atoms. The molecule has 0 saturated carbocycles. The van der Waals surface area contributed by atoms with E-state index in [-0.39, 0.29) is 12.4 Å². The van der Waals surface area contributed by atoms with Crippen LogP contribution in [0.25, 0.3) is 10.9 Å². The highest BCUT2D eigenvalue weighted by molar-refractivity contribution is 5.90. The van der Waals surface area contributed by atoms with E-state index >= 15 is 0 Å². The van der Waals surface area contributed by atoms with Gasteiger partial charge in [-0.2, -0.15) is 0 Å². The number of nitrogens with one attached hydrogen (secondary N) is 1. The maximum Gasteiger partial charge on any atom is 0.143 e. The lowest BCUT2D eigenvalue weighted by atomic mass is 9.91. The van der Waals surface area contributed by atoms with Gasteiger partial charge in [0.05, 0.1) is 5.52 Å². The van der Waals surface area contributed by atoms with Gasteiger partial charge in [0.2, 0.25) is 0 Å². The molecule has 4 heteroatoms. The number of H-pyrrole nitrogens is 1. The molecule has 0 saturated heterocycles. The van der Waals surface area contributed by atoms with E-state index in [2.05, 4.69) is 54.3 Å². The second-order valence-electron chi connectivity index (χ2n) is 6.90. The maximum atomic E-state index is 6.12. The summed E-state index contributed by atoms with van der Waals surface area (Å²) in [6, 6.07) is 17.4. The molecule has 2 aromatic carbocycles. The average Bonchev–Trinajstić information content (AvgIpc) is 2.99. The van der Waals surface area contributed by atoms with Gasteiger partial charge in [0.1, 0.15) is 12.4 Å². The number of benzene rings is 2. The summed E-state index contributed by atoms with van der Waals surface area (Å²) in [5, 5.41) is 1.32. The van der Waals surface area contributed by atoms with Crippen molar-refractivity contribution in [1.29, 1.82) is 0 Å². The number of rotatable bonds is 4. The number of hydrogen-bond acceptors (Lipinski definition) is 2. The van der Waals surface area contributed by atoms with Crippen LogP contribution in [-0.2, 0) is 19.4 Å². The summed E-state index contributed by atoms with van der Waals surface area (Å²) in [6.45, 7) is 0.601. The Morgan fingerprint density at radius 2 is 1.88 bits per heavy atom. The first-order valence-corrected chi connectivity index (χ1v) is 8.68. The fourth-order valence-corrected chi connectivity index (χ4v) is 3.69. The molecule has 1 heterocycles. The average molecular weight is 357 g/mol. The van der Waals surface area contributed by atoms with E-state index in [1.807, 2.05) is 18.2 Å². The number of fused-ring (bicyclic) bond motifs is 3. The van der Waals surface area contributed by atoms with Crippen molar-refractivity contribution in [2.24, 2.45) is 0 Å². The number of hydrogen-bond donors (Lipinski definition) is 1. The van der Waals surface area contributed by atoms with Crippen molar-refractivity contribution in [1.82, 2.24) is 9.88 Å². The van der Waals surface area contributed by atoms with Crippen LogP contribution in [0.4, 0.5) is 0 Å². The molecule has 0 bridgehead atoms. The molecule has 3 nitrogen and oxygen atoms in total. The smallest absolute Gasteiger partial charge is 0.143 e. The van der Waals surface area contributed by atoms with Crippen LogP contribution in [-0.4, -0.2) is 30.0 Å². The van der Waals surface area contributed by atoms with Crippen molar-refractivity contribution in [3.63, 3.8) is 0 Å². The molecule has 0 aliphatic heterocycles. The fraction of sp³-hybridized carbons (Fsp3) is 0.333. The molecule has 0 spiro atoms. The summed E-state index contributed by atoms with van der Waals surface area (Å²) in [4.78, 5) is 5.98. The van der Waals surface area contributed by atoms with Gasteiger partial charge in [-0.15, -0.1) is 12.4 Å². The molecule has 1 atom stereocenters. The number of para-hydroxylation sites is 1. The summed E-state index contributed by atoms with van der Waals surface area (Å²) in [5.74, 6) is 0.951. The van der Waals surface area contributed by atoms with Gasteiger partial charge in [0.15, 0.2) is 0 Å². The maximum absolute atomic E-state index is 6.12. The largest absolute Gasteiger partial charge is 0.487 e. The molecule has 1 N–H and O–H groups in total. The third kappa shape index (κ3) is 3.53. The van der Waals surface area contributed by atoms with E-state index in [4.69, 9.17) is 4.74 Å². The van der Waals surface area contributed by atoms with Crippen molar-refractivity contribution in [3.05, 3.63) is 65.4 Å². The molecule has 1 aliphatic rings. The van der Waals surface area contributed by atoms with Crippen LogP contribution < -0.4 is 4.74 Å². The first-order valence-electron chi connectivity index (χ1n) is 8.68. The Morgan fingerprint density at radius 3 is 2.64 bits per heavy atom. The number of aromatic nitrogens is 1. The van der Waals surface area contributed by atoms with E-state index in [1.165, 1.54) is 28.6 Å². The van der Waals surface area contributed by atoms with Crippen LogP contribution in [0.15, 0.2) is 48.5 Å². The zero-order chi connectivity index (χ0) is 16.5. The van der Waals surface area contributed by atoms with Gasteiger partial charge in [-0.05, 0) is 50.6 Å². The predicted molar refractivity (Wildman–Crippen MR) is 106 cm³/mol. The Kier molecular flexibility index (Phi) is 5.36. The number of aromatic amines is 1. The van der Waals surface area contributed by atoms with E-state index in [0.29, 0.717) is 12.6 Å². The van der Waals surface area contributed by atoms with Crippen LogP contribution in [0.1, 0.15) is 23.2 Å². The highest BCUT2D eigenvalue weighted by Crippen LogP contribution is 2.34. The molecular weight excluding hydrogens is 332 g/mol. The van der Waals surface area contributed by atoms with Gasteiger partial charge < -0.3 is 14.6 Å². The predicted octanol–water partition coefficient (Wildman–Crippen LogP) is 4.59. The Bertz CT molecular complexity index is 842. The van der Waals surface area contributed by atoms with Crippen LogP contribution in [0.3, 0.4) is 0 Å². The lowest BCUT2D eigenvalue weighted by molar-refractivity contribution is 0.268. The van der Waals surface area contributed by atoms with Gasteiger partial charge in [0.25, 0.3) is 0 Å². The summed E-state index contributed by atoms with van der Waals surface area (Å²) in [6.07, 6.45) is 3.45. The molecule has 1 aliphatic carbocycles. The van der Waals surface area contributed by atoms with Crippen molar-refractivity contribution < 1.29 is 4.74 Å². The minimum absolute atomic E-state index is 0. The number of likely N-dealkylation sites (N-methyl/N-ethyl adjacent to an activating group) is 1. The lowest BCUT2D eigenvalue weighted by Gasteiger charge is -2.28. The first kappa shape index (κ1) is 17.8. The molecular formula is C21H25ClN2O. The summed E-state index contributed by atoms with van der Waals surface area (Å²) in [7, 11) is 4.36. The Balaban J connectivity index is 0.00000182. The van der Waals surface area contributed by atoms with Crippen molar-refractivity contribution in [3.8, 4) is 5.75 Å². The zero-order valence-corrected chi connectivity index (χ0v) is 15.6. The summed E-state index contributed by atoms with van der Waals surface area (Å²) >= 11 is 0. The fourth-order valence-electron chi connectivity index (χ4n) is 3.69.